The van der Waals surface area contributed by atoms with E-state index in [0.29, 0.717) is 17.6 Å². The molecule has 0 fully saturated rings. The number of rotatable bonds is 2. The third-order valence-corrected chi connectivity index (χ3v) is 3.75. The van der Waals surface area contributed by atoms with Crippen molar-refractivity contribution < 1.29 is 31.1 Å². The summed E-state index contributed by atoms with van der Waals surface area (Å²) in [6, 6.07) is 4.45. The van der Waals surface area contributed by atoms with Crippen molar-refractivity contribution in [3.63, 3.8) is 0 Å². The molecule has 0 saturated carbocycles. The number of nitrogens with zero attached hydrogens (tertiary/aromatic N) is 1. The second-order valence-corrected chi connectivity index (χ2v) is 5.71. The number of halogens is 6. The fraction of sp³-hybridized carbons (Fsp3) is 0.118. The summed E-state index contributed by atoms with van der Waals surface area (Å²) < 4.78 is 77.4. The van der Waals surface area contributed by atoms with Crippen LogP contribution in [0.25, 0.3) is 10.9 Å². The van der Waals surface area contributed by atoms with Gasteiger partial charge in [0.05, 0.1) is 28.4 Å². The molecule has 146 valence electrons. The number of H-pyrrole nitrogens is 1. The quantitative estimate of drug-likeness (QED) is 0.632. The number of carbonyl (C=O) groups is 1. The van der Waals surface area contributed by atoms with E-state index in [1.165, 1.54) is 18.2 Å². The number of aromatic nitrogens is 2. The van der Waals surface area contributed by atoms with Crippen LogP contribution in [-0.4, -0.2) is 15.9 Å². The van der Waals surface area contributed by atoms with Crippen LogP contribution in [0, 0.1) is 0 Å². The monoisotopic (exact) mass is 401 g/mol. The van der Waals surface area contributed by atoms with E-state index in [2.05, 4.69) is 15.3 Å². The summed E-state index contributed by atoms with van der Waals surface area (Å²) >= 11 is 0. The van der Waals surface area contributed by atoms with Gasteiger partial charge in [0, 0.05) is 11.3 Å². The molecule has 11 heteroatoms. The summed E-state index contributed by atoms with van der Waals surface area (Å²) in [4.78, 5) is 30.2. The van der Waals surface area contributed by atoms with Gasteiger partial charge in [-0.3, -0.25) is 9.59 Å². The number of hydrogen-bond donors (Lipinski definition) is 2. The number of benzene rings is 2. The van der Waals surface area contributed by atoms with Gasteiger partial charge in [0.1, 0.15) is 0 Å². The summed E-state index contributed by atoms with van der Waals surface area (Å²) in [5.41, 5.74) is -4.28. The standard InChI is InChI=1S/C17H9F6N3O2/c18-16(19,20)9-3-8(4-10(5-9)17(21,22)23)14(27)26-11-1-2-13-12(6-11)15(28)25-7-24-13/h1-7H,(H,26,27)(H,24,25,28). The van der Waals surface area contributed by atoms with Crippen molar-refractivity contribution in [2.45, 2.75) is 12.4 Å². The minimum Gasteiger partial charge on any atom is -0.322 e. The Morgan fingerprint density at radius 1 is 0.929 bits per heavy atom. The lowest BCUT2D eigenvalue weighted by atomic mass is 10.0. The van der Waals surface area contributed by atoms with Gasteiger partial charge in [0.2, 0.25) is 0 Å². The number of carbonyl (C=O) groups excluding carboxylic acids is 1. The van der Waals surface area contributed by atoms with E-state index in [-0.39, 0.29) is 17.1 Å². The number of hydrogen-bond acceptors (Lipinski definition) is 3. The first-order valence-electron chi connectivity index (χ1n) is 7.53. The van der Waals surface area contributed by atoms with Crippen molar-refractivity contribution in [2.24, 2.45) is 0 Å². The van der Waals surface area contributed by atoms with Crippen LogP contribution in [0.4, 0.5) is 32.0 Å². The molecule has 2 aromatic carbocycles. The maximum atomic E-state index is 12.9. The molecule has 2 N–H and O–H groups in total. The lowest BCUT2D eigenvalue weighted by Crippen LogP contribution is -2.17. The molecular formula is C17H9F6N3O2. The molecule has 0 unspecified atom stereocenters. The molecule has 1 amide bonds. The van der Waals surface area contributed by atoms with E-state index in [1.807, 2.05) is 0 Å². The SMILES string of the molecule is O=C(Nc1ccc2nc[nH]c(=O)c2c1)c1cc(C(F)(F)F)cc(C(F)(F)F)c1. The van der Waals surface area contributed by atoms with Gasteiger partial charge in [-0.15, -0.1) is 0 Å². The van der Waals surface area contributed by atoms with E-state index in [0.717, 1.165) is 6.33 Å². The van der Waals surface area contributed by atoms with Gasteiger partial charge in [-0.25, -0.2) is 4.98 Å². The fourth-order valence-electron chi connectivity index (χ4n) is 2.44. The van der Waals surface area contributed by atoms with E-state index in [1.54, 1.807) is 0 Å². The summed E-state index contributed by atoms with van der Waals surface area (Å²) in [5.74, 6) is -1.20. The van der Waals surface area contributed by atoms with Crippen LogP contribution in [0.3, 0.4) is 0 Å². The Morgan fingerprint density at radius 3 is 2.11 bits per heavy atom. The van der Waals surface area contributed by atoms with Crippen LogP contribution in [0.15, 0.2) is 47.5 Å². The second kappa shape index (κ2) is 6.66. The van der Waals surface area contributed by atoms with Crippen LogP contribution in [0.2, 0.25) is 0 Å². The van der Waals surface area contributed by atoms with Crippen LogP contribution < -0.4 is 10.9 Å². The molecule has 0 spiro atoms. The third-order valence-electron chi connectivity index (χ3n) is 3.75. The molecule has 0 radical (unpaired) electrons. The first-order chi connectivity index (χ1) is 12.9. The van der Waals surface area contributed by atoms with Crippen molar-refractivity contribution in [1.29, 1.82) is 0 Å². The molecule has 5 nitrogen and oxygen atoms in total. The summed E-state index contributed by atoms with van der Waals surface area (Å²) in [6.07, 6.45) is -8.99. The van der Waals surface area contributed by atoms with E-state index >= 15 is 0 Å². The summed E-state index contributed by atoms with van der Waals surface area (Å²) in [5, 5.41) is 2.26. The van der Waals surface area contributed by atoms with Gasteiger partial charge in [-0.1, -0.05) is 0 Å². The Kier molecular flexibility index (Phi) is 4.61. The van der Waals surface area contributed by atoms with Crippen molar-refractivity contribution in [3.05, 3.63) is 69.8 Å². The minimum atomic E-state index is -5.07. The van der Waals surface area contributed by atoms with Crippen molar-refractivity contribution >= 4 is 22.5 Å². The van der Waals surface area contributed by atoms with Crippen LogP contribution in [0.5, 0.6) is 0 Å². The van der Waals surface area contributed by atoms with Gasteiger partial charge in [0.25, 0.3) is 11.5 Å². The zero-order chi connectivity index (χ0) is 20.7. The molecule has 3 aromatic rings. The van der Waals surface area contributed by atoms with E-state index < -0.39 is 40.5 Å². The number of fused-ring (bicyclic) bond motifs is 1. The van der Waals surface area contributed by atoms with Crippen molar-refractivity contribution in [1.82, 2.24) is 9.97 Å². The van der Waals surface area contributed by atoms with Gasteiger partial charge in [0.15, 0.2) is 0 Å². The van der Waals surface area contributed by atoms with Gasteiger partial charge in [-0.05, 0) is 36.4 Å². The first-order valence-corrected chi connectivity index (χ1v) is 7.53. The predicted molar refractivity (Wildman–Crippen MR) is 86.8 cm³/mol. The largest absolute Gasteiger partial charge is 0.416 e. The van der Waals surface area contributed by atoms with E-state index in [9.17, 15) is 35.9 Å². The number of alkyl halides is 6. The van der Waals surface area contributed by atoms with Crippen molar-refractivity contribution in [2.75, 3.05) is 5.32 Å². The molecule has 0 bridgehead atoms. The predicted octanol–water partition coefficient (Wildman–Crippen LogP) is 4.21. The van der Waals surface area contributed by atoms with Gasteiger partial charge in [-0.2, -0.15) is 26.3 Å². The van der Waals surface area contributed by atoms with Crippen molar-refractivity contribution in [3.8, 4) is 0 Å². The van der Waals surface area contributed by atoms with Gasteiger partial charge >= 0.3 is 12.4 Å². The average Bonchev–Trinajstić information content (AvgIpc) is 2.60. The number of anilines is 1. The number of amides is 1. The highest BCUT2D eigenvalue weighted by Crippen LogP contribution is 2.36. The highest BCUT2D eigenvalue weighted by Gasteiger charge is 2.37. The zero-order valence-electron chi connectivity index (χ0n) is 13.6. The molecule has 0 saturated heterocycles. The van der Waals surface area contributed by atoms with Crippen LogP contribution in [0.1, 0.15) is 21.5 Å². The average molecular weight is 401 g/mol. The molecule has 0 aliphatic rings. The molecule has 0 aliphatic carbocycles. The fourth-order valence-corrected chi connectivity index (χ4v) is 2.44. The smallest absolute Gasteiger partial charge is 0.322 e. The summed E-state index contributed by atoms with van der Waals surface area (Å²) in [6.45, 7) is 0. The third kappa shape index (κ3) is 3.97. The van der Waals surface area contributed by atoms with E-state index in [4.69, 9.17) is 0 Å². The number of nitrogens with one attached hydrogen (secondary N) is 2. The molecule has 1 aromatic heterocycles. The molecular weight excluding hydrogens is 392 g/mol. The molecule has 3 rings (SSSR count). The van der Waals surface area contributed by atoms with Crippen LogP contribution >= 0.6 is 0 Å². The maximum Gasteiger partial charge on any atom is 0.416 e. The minimum absolute atomic E-state index is 0.00182. The topological polar surface area (TPSA) is 74.8 Å². The molecule has 1 heterocycles. The Morgan fingerprint density at radius 2 is 1.54 bits per heavy atom. The van der Waals surface area contributed by atoms with Crippen LogP contribution in [-0.2, 0) is 12.4 Å². The highest BCUT2D eigenvalue weighted by atomic mass is 19.4. The number of aromatic amines is 1. The molecule has 0 atom stereocenters. The first kappa shape index (κ1) is 19.4. The normalized spacial score (nSPS) is 12.2. The zero-order valence-corrected chi connectivity index (χ0v) is 13.6. The Balaban J connectivity index is 2.00. The highest BCUT2D eigenvalue weighted by molar-refractivity contribution is 6.05. The lowest BCUT2D eigenvalue weighted by Gasteiger charge is -2.14. The lowest BCUT2D eigenvalue weighted by molar-refractivity contribution is -0.143. The molecule has 0 aliphatic heterocycles. The maximum absolute atomic E-state index is 12.9. The Hall–Kier alpha value is -3.37. The Bertz CT molecular complexity index is 1090. The molecule has 28 heavy (non-hydrogen) atoms. The summed E-state index contributed by atoms with van der Waals surface area (Å²) in [7, 11) is 0. The van der Waals surface area contributed by atoms with Gasteiger partial charge < -0.3 is 10.3 Å². The Labute approximate surface area is 152 Å². The second-order valence-electron chi connectivity index (χ2n) is 5.71.